The van der Waals surface area contributed by atoms with Crippen molar-refractivity contribution in [2.24, 2.45) is 0 Å². The van der Waals surface area contributed by atoms with Crippen molar-refractivity contribution in [2.75, 3.05) is 0 Å². The van der Waals surface area contributed by atoms with E-state index in [4.69, 9.17) is 9.11 Å². The fourth-order valence-corrected chi connectivity index (χ4v) is 3.88. The van der Waals surface area contributed by atoms with Gasteiger partial charge in [0.25, 0.3) is 20.2 Å². The number of hydrogen-bond donors (Lipinski definition) is 2. The summed E-state index contributed by atoms with van der Waals surface area (Å²) in [7, 11) is -9.52. The van der Waals surface area contributed by atoms with Crippen LogP contribution in [0.3, 0.4) is 0 Å². The van der Waals surface area contributed by atoms with Crippen LogP contribution in [-0.2, 0) is 20.2 Å². The zero-order valence-corrected chi connectivity index (χ0v) is 12.2. The molecule has 110 valence electrons. The standard InChI is InChI=1S/C10H22O6S2/c1-2-3-4-5-6-7-8-9-10(17(11,12)13)18(14,15)16/h10H,2-9H2,1H3,(H,11,12,13)(H,14,15,16). The monoisotopic (exact) mass is 302 g/mol. The molecule has 0 aromatic carbocycles. The van der Waals surface area contributed by atoms with Crippen LogP contribution in [0.4, 0.5) is 0 Å². The van der Waals surface area contributed by atoms with Gasteiger partial charge in [-0.25, -0.2) is 0 Å². The van der Waals surface area contributed by atoms with Gasteiger partial charge in [0, 0.05) is 0 Å². The van der Waals surface area contributed by atoms with Crippen LogP contribution in [0.2, 0.25) is 0 Å². The lowest BCUT2D eigenvalue weighted by Gasteiger charge is -2.10. The Kier molecular flexibility index (Phi) is 8.00. The highest BCUT2D eigenvalue weighted by atomic mass is 32.3. The first-order valence-electron chi connectivity index (χ1n) is 6.12. The van der Waals surface area contributed by atoms with Gasteiger partial charge in [0.05, 0.1) is 0 Å². The van der Waals surface area contributed by atoms with E-state index in [2.05, 4.69) is 6.92 Å². The van der Waals surface area contributed by atoms with Crippen molar-refractivity contribution < 1.29 is 25.9 Å². The van der Waals surface area contributed by atoms with Crippen molar-refractivity contribution in [2.45, 2.75) is 62.9 Å². The fraction of sp³-hybridized carbons (Fsp3) is 1.00. The summed E-state index contributed by atoms with van der Waals surface area (Å²) in [5.41, 5.74) is 0. The van der Waals surface area contributed by atoms with E-state index in [1.165, 1.54) is 0 Å². The van der Waals surface area contributed by atoms with Crippen LogP contribution in [0, 0.1) is 0 Å². The van der Waals surface area contributed by atoms with Gasteiger partial charge in [-0.05, 0) is 6.42 Å². The summed E-state index contributed by atoms with van der Waals surface area (Å²) in [6, 6.07) is 0. The third-order valence-electron chi connectivity index (χ3n) is 2.71. The maximum atomic E-state index is 10.8. The SMILES string of the molecule is CCCCCCCCCC(S(=O)(=O)O)S(=O)(=O)O. The molecule has 0 aliphatic carbocycles. The topological polar surface area (TPSA) is 109 Å². The molecule has 0 rings (SSSR count). The van der Waals surface area contributed by atoms with E-state index < -0.39 is 24.8 Å². The Labute approximate surface area is 109 Å². The minimum absolute atomic E-state index is 0.272. The largest absolute Gasteiger partial charge is 0.284 e. The van der Waals surface area contributed by atoms with E-state index in [1.807, 2.05) is 0 Å². The maximum Gasteiger partial charge on any atom is 0.284 e. The fourth-order valence-electron chi connectivity index (χ4n) is 1.72. The minimum Gasteiger partial charge on any atom is -0.284 e. The molecule has 0 radical (unpaired) electrons. The molecule has 8 heteroatoms. The normalized spacial score (nSPS) is 13.1. The summed E-state index contributed by atoms with van der Waals surface area (Å²) >= 11 is 0. The molecule has 6 nitrogen and oxygen atoms in total. The van der Waals surface area contributed by atoms with Gasteiger partial charge in [0.1, 0.15) is 0 Å². The molecule has 0 bridgehead atoms. The predicted octanol–water partition coefficient (Wildman–Crippen LogP) is 2.23. The molecule has 0 aliphatic heterocycles. The van der Waals surface area contributed by atoms with Gasteiger partial charge in [-0.15, -0.1) is 0 Å². The Morgan fingerprint density at radius 3 is 1.56 bits per heavy atom. The average Bonchev–Trinajstić information content (AvgIpc) is 2.18. The van der Waals surface area contributed by atoms with Crippen molar-refractivity contribution in [1.29, 1.82) is 0 Å². The first-order valence-corrected chi connectivity index (χ1v) is 9.13. The summed E-state index contributed by atoms with van der Waals surface area (Å²) in [6.45, 7) is 2.10. The van der Waals surface area contributed by atoms with Crippen LogP contribution in [0.25, 0.3) is 0 Å². The molecule has 0 fully saturated rings. The van der Waals surface area contributed by atoms with Crippen molar-refractivity contribution in [1.82, 2.24) is 0 Å². The molecular formula is C10H22O6S2. The number of hydrogen-bond acceptors (Lipinski definition) is 4. The van der Waals surface area contributed by atoms with Crippen molar-refractivity contribution >= 4 is 20.2 Å². The van der Waals surface area contributed by atoms with E-state index in [0.29, 0.717) is 12.8 Å². The number of rotatable bonds is 10. The van der Waals surface area contributed by atoms with Gasteiger partial charge in [0.15, 0.2) is 0 Å². The molecule has 2 N–H and O–H groups in total. The smallest absolute Gasteiger partial charge is 0.284 e. The molecule has 0 aromatic rings. The van der Waals surface area contributed by atoms with Crippen LogP contribution < -0.4 is 0 Å². The second-order valence-corrected chi connectivity index (χ2v) is 7.87. The molecule has 0 saturated heterocycles. The van der Waals surface area contributed by atoms with Crippen molar-refractivity contribution in [3.8, 4) is 0 Å². The highest BCUT2D eigenvalue weighted by Crippen LogP contribution is 2.16. The minimum atomic E-state index is -4.76. The van der Waals surface area contributed by atoms with E-state index >= 15 is 0 Å². The second-order valence-electron chi connectivity index (χ2n) is 4.37. The zero-order chi connectivity index (χ0) is 14.2. The predicted molar refractivity (Wildman–Crippen MR) is 69.5 cm³/mol. The molecule has 0 aromatic heterocycles. The Balaban J connectivity index is 4.02. The second kappa shape index (κ2) is 8.08. The van der Waals surface area contributed by atoms with Crippen LogP contribution >= 0.6 is 0 Å². The van der Waals surface area contributed by atoms with Crippen LogP contribution in [0.1, 0.15) is 58.3 Å². The molecule has 0 heterocycles. The summed E-state index contributed by atoms with van der Waals surface area (Å²) in [5.74, 6) is 0. The third kappa shape index (κ3) is 8.02. The highest BCUT2D eigenvalue weighted by Gasteiger charge is 2.34. The summed E-state index contributed by atoms with van der Waals surface area (Å²) in [4.78, 5) is 0. The maximum absolute atomic E-state index is 10.8. The summed E-state index contributed by atoms with van der Waals surface area (Å²) in [5, 5.41) is 0. The Morgan fingerprint density at radius 1 is 0.778 bits per heavy atom. The van der Waals surface area contributed by atoms with Crippen molar-refractivity contribution in [3.63, 3.8) is 0 Å². The quantitative estimate of drug-likeness (QED) is 0.473. The molecule has 0 spiro atoms. The summed E-state index contributed by atoms with van der Waals surface area (Å²) < 4.78 is 58.5. The van der Waals surface area contributed by atoms with E-state index in [1.54, 1.807) is 0 Å². The molecule has 0 atom stereocenters. The third-order valence-corrected chi connectivity index (χ3v) is 5.97. The molecule has 0 amide bonds. The lowest BCUT2D eigenvalue weighted by atomic mass is 10.1. The van der Waals surface area contributed by atoms with E-state index in [0.717, 1.165) is 32.1 Å². The van der Waals surface area contributed by atoms with Crippen molar-refractivity contribution in [3.05, 3.63) is 0 Å². The Hall–Kier alpha value is -0.180. The molecular weight excluding hydrogens is 280 g/mol. The van der Waals surface area contributed by atoms with E-state index in [9.17, 15) is 16.8 Å². The van der Waals surface area contributed by atoms with Crippen LogP contribution in [-0.4, -0.2) is 30.5 Å². The number of unbranched alkanes of at least 4 members (excludes halogenated alkanes) is 6. The van der Waals surface area contributed by atoms with Gasteiger partial charge in [-0.2, -0.15) is 16.8 Å². The van der Waals surface area contributed by atoms with Crippen LogP contribution in [0.5, 0.6) is 0 Å². The lowest BCUT2D eigenvalue weighted by molar-refractivity contribution is 0.446. The lowest BCUT2D eigenvalue weighted by Crippen LogP contribution is -2.29. The van der Waals surface area contributed by atoms with Gasteiger partial charge in [0.2, 0.25) is 4.58 Å². The molecule has 0 unspecified atom stereocenters. The van der Waals surface area contributed by atoms with E-state index in [-0.39, 0.29) is 6.42 Å². The molecule has 18 heavy (non-hydrogen) atoms. The Morgan fingerprint density at radius 2 is 1.17 bits per heavy atom. The molecule has 0 saturated carbocycles. The van der Waals surface area contributed by atoms with Gasteiger partial charge in [-0.1, -0.05) is 51.9 Å². The van der Waals surface area contributed by atoms with Gasteiger partial charge in [-0.3, -0.25) is 9.11 Å². The average molecular weight is 302 g/mol. The summed E-state index contributed by atoms with van der Waals surface area (Å²) in [6.07, 6.45) is 6.07. The first-order chi connectivity index (χ1) is 8.19. The first kappa shape index (κ1) is 17.8. The Bertz CT molecular complexity index is 380. The van der Waals surface area contributed by atoms with Crippen LogP contribution in [0.15, 0.2) is 0 Å². The zero-order valence-electron chi connectivity index (χ0n) is 10.6. The highest BCUT2D eigenvalue weighted by molar-refractivity contribution is 8.03. The van der Waals surface area contributed by atoms with Gasteiger partial charge < -0.3 is 0 Å². The van der Waals surface area contributed by atoms with Gasteiger partial charge >= 0.3 is 0 Å². The molecule has 0 aliphatic rings.